The monoisotopic (exact) mass is 687 g/mol. The van der Waals surface area contributed by atoms with E-state index in [2.05, 4.69) is 20.8 Å². The Balaban J connectivity index is 1.74. The zero-order valence-electron chi connectivity index (χ0n) is 27.3. The highest BCUT2D eigenvalue weighted by Gasteiger charge is 2.44. The van der Waals surface area contributed by atoms with Crippen LogP contribution in [0.2, 0.25) is 0 Å². The molecule has 12 nitrogen and oxygen atoms in total. The number of aromatic nitrogens is 2. The van der Waals surface area contributed by atoms with Gasteiger partial charge in [0.15, 0.2) is 17.7 Å². The molecule has 0 spiro atoms. The highest BCUT2D eigenvalue weighted by molar-refractivity contribution is 6.00. The summed E-state index contributed by atoms with van der Waals surface area (Å²) in [5.41, 5.74) is 6.69. The Kier molecular flexibility index (Phi) is 13.7. The van der Waals surface area contributed by atoms with Crippen molar-refractivity contribution in [3.05, 3.63) is 72.1 Å². The van der Waals surface area contributed by atoms with E-state index in [0.29, 0.717) is 16.7 Å². The minimum atomic E-state index is -5.09. The minimum absolute atomic E-state index is 0.0453. The normalized spacial score (nSPS) is 14.7. The maximum Gasteiger partial charge on any atom is 0.416 e. The van der Waals surface area contributed by atoms with Gasteiger partial charge < -0.3 is 25.9 Å². The topological polar surface area (TPSA) is 195 Å². The smallest absolute Gasteiger partial charge is 0.416 e. The van der Waals surface area contributed by atoms with Crippen LogP contribution < -0.4 is 16.4 Å². The summed E-state index contributed by atoms with van der Waals surface area (Å²) in [5, 5.41) is 22.1. The summed E-state index contributed by atoms with van der Waals surface area (Å²) >= 11 is 0. The van der Waals surface area contributed by atoms with Gasteiger partial charge in [-0.2, -0.15) is 13.2 Å². The van der Waals surface area contributed by atoms with E-state index in [1.807, 2.05) is 0 Å². The van der Waals surface area contributed by atoms with Gasteiger partial charge in [-0.05, 0) is 36.5 Å². The second kappa shape index (κ2) is 17.5. The third kappa shape index (κ3) is 11.6. The second-order valence-corrected chi connectivity index (χ2v) is 12.2. The van der Waals surface area contributed by atoms with Crippen molar-refractivity contribution in [2.45, 2.75) is 77.2 Å². The minimum Gasteiger partial charge on any atom is -0.423 e. The molecule has 0 fully saturated rings. The summed E-state index contributed by atoms with van der Waals surface area (Å²) in [4.78, 5) is 64.5. The van der Waals surface area contributed by atoms with E-state index in [0.717, 1.165) is 0 Å². The summed E-state index contributed by atoms with van der Waals surface area (Å²) in [6.07, 6.45) is -8.57. The van der Waals surface area contributed by atoms with Gasteiger partial charge in [0.05, 0.1) is 12.1 Å². The van der Waals surface area contributed by atoms with Crippen molar-refractivity contribution in [3.8, 4) is 11.5 Å². The first-order chi connectivity index (χ1) is 23.1. The molecule has 49 heavy (non-hydrogen) atoms. The van der Waals surface area contributed by atoms with Gasteiger partial charge in [-0.25, -0.2) is 0 Å². The van der Waals surface area contributed by atoms with Gasteiger partial charge in [-0.15, -0.1) is 10.2 Å². The van der Waals surface area contributed by atoms with Crippen LogP contribution in [0, 0.1) is 17.8 Å². The molecule has 0 bridgehead atoms. The maximum atomic E-state index is 13.6. The highest BCUT2D eigenvalue weighted by Crippen LogP contribution is 2.25. The number of nitrogens with one attached hydrogen (secondary N) is 2. The van der Waals surface area contributed by atoms with Crippen molar-refractivity contribution in [2.75, 3.05) is 0 Å². The number of ketones is 2. The molecule has 0 saturated carbocycles. The molecule has 0 aliphatic carbocycles. The van der Waals surface area contributed by atoms with E-state index in [1.165, 1.54) is 13.3 Å². The molecule has 2 aromatic carbocycles. The molecular formula is C34H40F3N5O7. The maximum absolute atomic E-state index is 13.6. The van der Waals surface area contributed by atoms with Crippen LogP contribution in [0.5, 0.6) is 0 Å². The van der Waals surface area contributed by atoms with Crippen molar-refractivity contribution in [1.29, 1.82) is 0 Å². The van der Waals surface area contributed by atoms with E-state index in [1.54, 1.807) is 68.4 Å². The summed E-state index contributed by atoms with van der Waals surface area (Å²) in [6.45, 7) is 4.85. The Morgan fingerprint density at radius 1 is 0.918 bits per heavy atom. The lowest BCUT2D eigenvalue weighted by Gasteiger charge is -2.27. The number of nitrogens with zero attached hydrogens (tertiary/aromatic N) is 2. The predicted molar refractivity (Wildman–Crippen MR) is 170 cm³/mol. The van der Waals surface area contributed by atoms with E-state index >= 15 is 0 Å². The number of carbonyl (C=O) groups excluding carboxylic acids is 5. The first kappa shape index (κ1) is 38.5. The van der Waals surface area contributed by atoms with Crippen molar-refractivity contribution >= 4 is 29.3 Å². The summed E-state index contributed by atoms with van der Waals surface area (Å²) < 4.78 is 44.9. The van der Waals surface area contributed by atoms with Crippen molar-refractivity contribution < 1.29 is 46.7 Å². The van der Waals surface area contributed by atoms with Crippen LogP contribution in [-0.2, 0) is 25.6 Å². The largest absolute Gasteiger partial charge is 0.423 e. The van der Waals surface area contributed by atoms with E-state index in [9.17, 15) is 42.3 Å². The van der Waals surface area contributed by atoms with Gasteiger partial charge in [0.2, 0.25) is 30.0 Å². The molecule has 0 aliphatic heterocycles. The average Bonchev–Trinajstić information content (AvgIpc) is 3.59. The first-order valence-corrected chi connectivity index (χ1v) is 15.7. The molecule has 3 amide bonds. The second-order valence-electron chi connectivity index (χ2n) is 12.2. The Morgan fingerprint density at radius 3 is 2.12 bits per heavy atom. The Labute approximate surface area is 281 Å². The number of Topliss-reactive ketones (excluding diaryl/α,β-unsaturated/α-hetero) is 2. The predicted octanol–water partition coefficient (Wildman–Crippen LogP) is 3.58. The van der Waals surface area contributed by atoms with Crippen molar-refractivity contribution in [3.63, 3.8) is 0 Å². The standard InChI is InChI=1S/C34H40F3N5O7/c1-19(2)24(17-27(43)22-9-11-23(12-10-22)33-42-39-18-49-33)32(48)41-26(16-21-7-5-4-6-8-21)28(44)15-20(3)31(47)40-25(13-14-29(38)45)30(46)34(35,36)37/h4-12,18-20,24-26,30,46H,13-17H2,1-3H3,(H2,38,45)(H,40,47)(H,41,48)/t20-,24+,25?,26+,30?/m1/s1. The van der Waals surface area contributed by atoms with Crippen LogP contribution in [0.1, 0.15) is 62.4 Å². The molecule has 0 aliphatic rings. The van der Waals surface area contributed by atoms with Crippen molar-refractivity contribution in [1.82, 2.24) is 20.8 Å². The van der Waals surface area contributed by atoms with Crippen LogP contribution in [0.25, 0.3) is 11.5 Å². The van der Waals surface area contributed by atoms with Crippen LogP contribution >= 0.6 is 0 Å². The lowest BCUT2D eigenvalue weighted by atomic mass is 9.87. The van der Waals surface area contributed by atoms with Crippen LogP contribution in [0.4, 0.5) is 13.2 Å². The van der Waals surface area contributed by atoms with Gasteiger partial charge in [0, 0.05) is 42.2 Å². The molecule has 0 saturated heterocycles. The molecule has 1 heterocycles. The van der Waals surface area contributed by atoms with Gasteiger partial charge in [0.25, 0.3) is 0 Å². The van der Waals surface area contributed by atoms with E-state index < -0.39 is 79.0 Å². The average molecular weight is 688 g/mol. The van der Waals surface area contributed by atoms with Crippen LogP contribution in [-0.4, -0.2) is 69.0 Å². The van der Waals surface area contributed by atoms with Gasteiger partial charge in [-0.3, -0.25) is 24.0 Å². The zero-order chi connectivity index (χ0) is 36.3. The fourth-order valence-electron chi connectivity index (χ4n) is 5.12. The molecule has 5 N–H and O–H groups in total. The lowest BCUT2D eigenvalue weighted by Crippen LogP contribution is -2.52. The molecule has 1 aromatic heterocycles. The quantitative estimate of drug-likeness (QED) is 0.145. The van der Waals surface area contributed by atoms with Gasteiger partial charge in [0.1, 0.15) is 0 Å². The summed E-state index contributed by atoms with van der Waals surface area (Å²) in [7, 11) is 0. The molecule has 5 atom stereocenters. The third-order valence-electron chi connectivity index (χ3n) is 8.05. The number of hydrogen-bond acceptors (Lipinski definition) is 9. The van der Waals surface area contributed by atoms with E-state index in [-0.39, 0.29) is 30.4 Å². The number of alkyl halides is 3. The number of halogens is 3. The highest BCUT2D eigenvalue weighted by atomic mass is 19.4. The molecule has 2 unspecified atom stereocenters. The first-order valence-electron chi connectivity index (χ1n) is 15.7. The summed E-state index contributed by atoms with van der Waals surface area (Å²) in [5.74, 6) is -5.36. The Bertz CT molecular complexity index is 1560. The lowest BCUT2D eigenvalue weighted by molar-refractivity contribution is -0.213. The number of nitrogens with two attached hydrogens (primary N) is 1. The van der Waals surface area contributed by atoms with Crippen LogP contribution in [0.3, 0.4) is 0 Å². The molecule has 3 aromatic rings. The summed E-state index contributed by atoms with van der Waals surface area (Å²) in [6, 6.07) is 12.2. The molecule has 3 rings (SSSR count). The number of carbonyl (C=O) groups is 5. The number of rotatable bonds is 18. The third-order valence-corrected chi connectivity index (χ3v) is 8.05. The van der Waals surface area contributed by atoms with Crippen molar-refractivity contribution in [2.24, 2.45) is 23.5 Å². The molecule has 264 valence electrons. The SMILES string of the molecule is CC(C)[C@H](CC(=O)c1ccc(-c2nnco2)cc1)C(=O)N[C@@H](Cc1ccccc1)C(=O)C[C@@H](C)C(=O)NC(CCC(N)=O)C(O)C(F)(F)F. The molecular weight excluding hydrogens is 647 g/mol. The molecule has 0 radical (unpaired) electrons. The number of amides is 3. The van der Waals surface area contributed by atoms with E-state index in [4.69, 9.17) is 10.2 Å². The van der Waals surface area contributed by atoms with Gasteiger partial charge in [-0.1, -0.05) is 63.2 Å². The number of aliphatic hydroxyl groups excluding tert-OH is 1. The van der Waals surface area contributed by atoms with Gasteiger partial charge >= 0.3 is 6.18 Å². The Morgan fingerprint density at radius 2 is 1.57 bits per heavy atom. The fourth-order valence-corrected chi connectivity index (χ4v) is 5.12. The number of aliphatic hydroxyl groups is 1. The zero-order valence-corrected chi connectivity index (χ0v) is 27.3. The fraction of sp³-hybridized carbons (Fsp3) is 0.441. The number of benzene rings is 2. The number of hydrogen-bond donors (Lipinski definition) is 4. The van der Waals surface area contributed by atoms with Crippen LogP contribution in [0.15, 0.2) is 65.4 Å². The molecule has 15 heteroatoms. The Hall–Kier alpha value is -4.92. The number of primary amides is 1.